The van der Waals surface area contributed by atoms with E-state index in [9.17, 15) is 19.2 Å². The quantitative estimate of drug-likeness (QED) is 0.227. The van der Waals surface area contributed by atoms with Crippen LogP contribution in [0, 0.1) is 0 Å². The molecule has 0 saturated heterocycles. The van der Waals surface area contributed by atoms with Gasteiger partial charge in [-0.2, -0.15) is 0 Å². The maximum atomic E-state index is 13.4. The first-order valence-electron chi connectivity index (χ1n) is 11.3. The molecule has 9 nitrogen and oxygen atoms in total. The summed E-state index contributed by atoms with van der Waals surface area (Å²) in [6.07, 6.45) is 1.41. The molecule has 0 unspecified atom stereocenters. The minimum atomic E-state index is -0.914. The summed E-state index contributed by atoms with van der Waals surface area (Å²) < 4.78 is 10.6. The lowest BCUT2D eigenvalue weighted by molar-refractivity contribution is -0.136. The number of ether oxygens (including phenoxy) is 1. The van der Waals surface area contributed by atoms with Gasteiger partial charge in [-0.3, -0.25) is 19.3 Å². The van der Waals surface area contributed by atoms with E-state index in [2.05, 4.69) is 10.6 Å². The Hall–Kier alpha value is -4.05. The number of nitrogens with one attached hydrogen (secondary N) is 2. The normalized spacial score (nSPS) is 14.1. The average molecular weight is 589 g/mol. The zero-order valence-electron chi connectivity index (χ0n) is 20.5. The van der Waals surface area contributed by atoms with Crippen molar-refractivity contribution in [2.45, 2.75) is 13.5 Å². The van der Waals surface area contributed by atoms with Crippen LogP contribution in [0.3, 0.4) is 0 Å². The van der Waals surface area contributed by atoms with Gasteiger partial charge in [-0.25, -0.2) is 4.79 Å². The van der Waals surface area contributed by atoms with Gasteiger partial charge in [-0.15, -0.1) is 0 Å². The summed E-state index contributed by atoms with van der Waals surface area (Å²) in [4.78, 5) is 51.7. The van der Waals surface area contributed by atoms with Gasteiger partial charge in [-0.05, 0) is 61.5 Å². The average Bonchev–Trinajstić information content (AvgIpc) is 3.45. The summed E-state index contributed by atoms with van der Waals surface area (Å²) in [5.41, 5.74) is 1.29. The van der Waals surface area contributed by atoms with Crippen LogP contribution < -0.4 is 15.5 Å². The van der Waals surface area contributed by atoms with Crippen LogP contribution in [0.1, 0.15) is 18.4 Å². The highest BCUT2D eigenvalue weighted by molar-refractivity contribution is 6.43. The Morgan fingerprint density at radius 1 is 1.00 bits per heavy atom. The lowest BCUT2D eigenvalue weighted by atomic mass is 10.1. The highest BCUT2D eigenvalue weighted by atomic mass is 35.5. The number of allylic oxidation sites excluding steroid dienone is 1. The van der Waals surface area contributed by atoms with E-state index in [-0.39, 0.29) is 28.5 Å². The Morgan fingerprint density at radius 3 is 2.46 bits per heavy atom. The predicted molar refractivity (Wildman–Crippen MR) is 147 cm³/mol. The fraction of sp³-hybridized carbons (Fsp3) is 0.111. The SMILES string of the molecule is COC(=O)C1=C(C)N(c2cccc(Cl)c2)C(=O)/C1=C/c1ccc(CNC(=O)C(=O)Nc2ccc(Cl)c(Cl)c2)o1. The molecule has 12 heteroatoms. The number of benzene rings is 2. The van der Waals surface area contributed by atoms with Crippen molar-refractivity contribution in [2.24, 2.45) is 0 Å². The molecule has 0 spiro atoms. The second kappa shape index (κ2) is 11.8. The van der Waals surface area contributed by atoms with Crippen molar-refractivity contribution >= 4 is 75.9 Å². The van der Waals surface area contributed by atoms with Crippen molar-refractivity contribution in [2.75, 3.05) is 17.3 Å². The Bertz CT molecular complexity index is 1560. The second-order valence-corrected chi connectivity index (χ2v) is 9.45. The molecule has 0 saturated carbocycles. The van der Waals surface area contributed by atoms with Gasteiger partial charge in [0.2, 0.25) is 0 Å². The molecule has 4 rings (SSSR count). The standard InChI is InChI=1S/C27H20Cl3N3O6/c1-14-23(27(37)38-2)20(26(36)33(14)17-5-3-4-15(28)10-17)12-18-7-8-19(39-18)13-31-24(34)25(35)32-16-6-9-21(29)22(30)11-16/h3-12H,13H2,1-2H3,(H,31,34)(H,32,35)/b20-12+. The Morgan fingerprint density at radius 2 is 1.77 bits per heavy atom. The predicted octanol–water partition coefficient (Wildman–Crippen LogP) is 5.37. The van der Waals surface area contributed by atoms with Gasteiger partial charge in [0.25, 0.3) is 5.91 Å². The first-order chi connectivity index (χ1) is 18.6. The van der Waals surface area contributed by atoms with Crippen LogP contribution in [0.5, 0.6) is 0 Å². The lowest BCUT2D eigenvalue weighted by Gasteiger charge is -2.18. The number of furan rings is 1. The van der Waals surface area contributed by atoms with Crippen LogP contribution in [0.15, 0.2) is 75.9 Å². The van der Waals surface area contributed by atoms with E-state index < -0.39 is 23.7 Å². The van der Waals surface area contributed by atoms with E-state index in [0.29, 0.717) is 32.9 Å². The smallest absolute Gasteiger partial charge is 0.340 e. The summed E-state index contributed by atoms with van der Waals surface area (Å²) in [7, 11) is 1.22. The molecule has 200 valence electrons. The number of halogens is 3. The van der Waals surface area contributed by atoms with Crippen LogP contribution in [-0.4, -0.2) is 30.8 Å². The third-order valence-corrected chi connectivity index (χ3v) is 6.61. The first-order valence-corrected chi connectivity index (χ1v) is 12.5. The Kier molecular flexibility index (Phi) is 8.44. The van der Waals surface area contributed by atoms with Crippen LogP contribution in [0.25, 0.3) is 6.08 Å². The van der Waals surface area contributed by atoms with Crippen LogP contribution >= 0.6 is 34.8 Å². The zero-order chi connectivity index (χ0) is 28.3. The number of nitrogens with zero attached hydrogens (tertiary/aromatic N) is 1. The van der Waals surface area contributed by atoms with Gasteiger partial charge in [0, 0.05) is 16.4 Å². The van der Waals surface area contributed by atoms with Gasteiger partial charge in [0.15, 0.2) is 0 Å². The number of esters is 1. The van der Waals surface area contributed by atoms with Crippen molar-refractivity contribution in [3.8, 4) is 0 Å². The van der Waals surface area contributed by atoms with Crippen molar-refractivity contribution in [3.05, 3.63) is 98.0 Å². The van der Waals surface area contributed by atoms with E-state index in [0.717, 1.165) is 0 Å². The van der Waals surface area contributed by atoms with E-state index in [1.807, 2.05) is 0 Å². The van der Waals surface area contributed by atoms with Gasteiger partial charge >= 0.3 is 17.8 Å². The van der Waals surface area contributed by atoms with Crippen LogP contribution in [0.4, 0.5) is 11.4 Å². The molecule has 0 fully saturated rings. The Labute approximate surface area is 237 Å². The summed E-state index contributed by atoms with van der Waals surface area (Å²) in [5.74, 6) is -2.45. The number of carbonyl (C=O) groups is 4. The van der Waals surface area contributed by atoms with Crippen molar-refractivity contribution in [1.82, 2.24) is 5.32 Å². The van der Waals surface area contributed by atoms with Gasteiger partial charge < -0.3 is 19.8 Å². The fourth-order valence-corrected chi connectivity index (χ4v) is 4.31. The molecule has 0 atom stereocenters. The molecule has 2 aromatic carbocycles. The van der Waals surface area contributed by atoms with E-state index in [1.54, 1.807) is 43.3 Å². The van der Waals surface area contributed by atoms with Gasteiger partial charge in [-0.1, -0.05) is 40.9 Å². The zero-order valence-corrected chi connectivity index (χ0v) is 22.8. The largest absolute Gasteiger partial charge is 0.465 e. The number of anilines is 2. The van der Waals surface area contributed by atoms with Crippen LogP contribution in [-0.2, 0) is 30.5 Å². The summed E-state index contributed by atoms with van der Waals surface area (Å²) >= 11 is 17.9. The minimum absolute atomic E-state index is 0.0604. The molecule has 3 aromatic rings. The Balaban J connectivity index is 1.48. The summed E-state index contributed by atoms with van der Waals surface area (Å²) in [5, 5.41) is 5.82. The van der Waals surface area contributed by atoms with Crippen molar-refractivity contribution in [3.63, 3.8) is 0 Å². The topological polar surface area (TPSA) is 118 Å². The monoisotopic (exact) mass is 587 g/mol. The number of carbonyl (C=O) groups excluding carboxylic acids is 4. The maximum Gasteiger partial charge on any atom is 0.340 e. The molecular formula is C27H20Cl3N3O6. The molecule has 0 aliphatic carbocycles. The number of hydrogen-bond acceptors (Lipinski definition) is 6. The molecule has 2 N–H and O–H groups in total. The van der Waals surface area contributed by atoms with Gasteiger partial charge in [0.1, 0.15) is 11.5 Å². The van der Waals surface area contributed by atoms with E-state index >= 15 is 0 Å². The molecule has 1 aliphatic rings. The van der Waals surface area contributed by atoms with Crippen LogP contribution in [0.2, 0.25) is 15.1 Å². The van der Waals surface area contributed by atoms with E-state index in [1.165, 1.54) is 36.3 Å². The lowest BCUT2D eigenvalue weighted by Crippen LogP contribution is -2.34. The highest BCUT2D eigenvalue weighted by Crippen LogP contribution is 2.36. The van der Waals surface area contributed by atoms with Crippen molar-refractivity contribution in [1.29, 1.82) is 0 Å². The number of methoxy groups -OCH3 is 1. The summed E-state index contributed by atoms with van der Waals surface area (Å²) in [6.45, 7) is 1.51. The van der Waals surface area contributed by atoms with Crippen molar-refractivity contribution < 1.29 is 28.3 Å². The number of hydrogen-bond donors (Lipinski definition) is 2. The minimum Gasteiger partial charge on any atom is -0.465 e. The molecule has 0 radical (unpaired) electrons. The molecule has 39 heavy (non-hydrogen) atoms. The number of rotatable bonds is 6. The van der Waals surface area contributed by atoms with Gasteiger partial charge in [0.05, 0.1) is 40.5 Å². The molecule has 2 heterocycles. The van der Waals surface area contributed by atoms with E-state index in [4.69, 9.17) is 44.0 Å². The first kappa shape index (κ1) is 28.0. The third kappa shape index (κ3) is 6.17. The molecule has 0 bridgehead atoms. The molecule has 1 aromatic heterocycles. The second-order valence-electron chi connectivity index (χ2n) is 8.20. The third-order valence-electron chi connectivity index (χ3n) is 5.63. The molecule has 1 aliphatic heterocycles. The molecule has 3 amide bonds. The summed E-state index contributed by atoms with van der Waals surface area (Å²) in [6, 6.07) is 14.2. The highest BCUT2D eigenvalue weighted by Gasteiger charge is 2.38. The molecular weight excluding hydrogens is 569 g/mol. The fourth-order valence-electron chi connectivity index (χ4n) is 3.82. The maximum absolute atomic E-state index is 13.4. The number of amides is 3.